The zero-order valence-electron chi connectivity index (χ0n) is 6.77. The van der Waals surface area contributed by atoms with Gasteiger partial charge in [-0.25, -0.2) is 18.5 Å². The summed E-state index contributed by atoms with van der Waals surface area (Å²) in [6.45, 7) is 0. The van der Waals surface area contributed by atoms with Crippen molar-refractivity contribution >= 4 is 43.2 Å². The molecule has 7 heteroatoms. The summed E-state index contributed by atoms with van der Waals surface area (Å²) >= 11 is 6.67. The Hall–Kier alpha value is -0.690. The minimum atomic E-state index is -3.64. The lowest BCUT2D eigenvalue weighted by molar-refractivity contribution is 0.600. The predicted octanol–water partition coefficient (Wildman–Crippen LogP) is 1.60. The van der Waals surface area contributed by atoms with Crippen molar-refractivity contribution in [2.75, 3.05) is 0 Å². The molecule has 0 saturated heterocycles. The van der Waals surface area contributed by atoms with E-state index < -0.39 is 10.0 Å². The van der Waals surface area contributed by atoms with Crippen molar-refractivity contribution in [2.45, 2.75) is 4.21 Å². The fraction of sp³-hybridized carbons (Fsp3) is 0. The first-order valence-electron chi connectivity index (χ1n) is 3.56. The minimum absolute atomic E-state index is 0.0993. The predicted molar refractivity (Wildman–Crippen MR) is 56.0 cm³/mol. The van der Waals surface area contributed by atoms with Crippen LogP contribution in [0.25, 0.3) is 10.2 Å². The summed E-state index contributed by atoms with van der Waals surface area (Å²) in [5, 5.41) is 6.04. The summed E-state index contributed by atoms with van der Waals surface area (Å²) in [4.78, 5) is 4.54. The van der Waals surface area contributed by atoms with Gasteiger partial charge in [-0.1, -0.05) is 11.6 Å². The highest BCUT2D eigenvalue weighted by atomic mass is 35.5. The number of aromatic nitrogens is 1. The van der Waals surface area contributed by atoms with Crippen LogP contribution in [0.15, 0.2) is 22.4 Å². The Morgan fingerprint density at radius 2 is 2.14 bits per heavy atom. The highest BCUT2D eigenvalue weighted by Gasteiger charge is 2.12. The number of nitrogens with zero attached hydrogens (tertiary/aromatic N) is 1. The summed E-state index contributed by atoms with van der Waals surface area (Å²) < 4.78 is 22.1. The Bertz CT molecular complexity index is 591. The van der Waals surface area contributed by atoms with Gasteiger partial charge in [0, 0.05) is 5.39 Å². The summed E-state index contributed by atoms with van der Waals surface area (Å²) in [6, 6.07) is 4.79. The van der Waals surface area contributed by atoms with E-state index >= 15 is 0 Å². The van der Waals surface area contributed by atoms with Gasteiger partial charge in [-0.3, -0.25) is 0 Å². The molecule has 2 heterocycles. The van der Waals surface area contributed by atoms with E-state index in [2.05, 4.69) is 4.98 Å². The average Bonchev–Trinajstić information content (AvgIpc) is 2.45. The molecular formula is C7H5ClN2O2S2. The Morgan fingerprint density at radius 3 is 2.79 bits per heavy atom. The van der Waals surface area contributed by atoms with Gasteiger partial charge in [0.25, 0.3) is 0 Å². The molecule has 74 valence electrons. The number of pyridine rings is 1. The molecule has 0 bridgehead atoms. The number of hydrogen-bond donors (Lipinski definition) is 1. The first-order chi connectivity index (χ1) is 6.47. The molecular weight excluding hydrogens is 244 g/mol. The van der Waals surface area contributed by atoms with Crippen molar-refractivity contribution in [3.8, 4) is 0 Å². The smallest absolute Gasteiger partial charge is 0.225 e. The van der Waals surface area contributed by atoms with Gasteiger partial charge in [0.1, 0.15) is 14.2 Å². The molecule has 0 unspecified atom stereocenters. The molecule has 0 aliphatic rings. The second kappa shape index (κ2) is 3.16. The maximum absolute atomic E-state index is 11.0. The van der Waals surface area contributed by atoms with Crippen LogP contribution in [-0.4, -0.2) is 13.4 Å². The molecule has 14 heavy (non-hydrogen) atoms. The van der Waals surface area contributed by atoms with Gasteiger partial charge in [-0.15, -0.1) is 11.3 Å². The molecule has 0 aliphatic heterocycles. The average molecular weight is 249 g/mol. The molecule has 0 atom stereocenters. The van der Waals surface area contributed by atoms with E-state index in [1.807, 2.05) is 0 Å². The monoisotopic (exact) mass is 248 g/mol. The molecule has 0 saturated carbocycles. The first-order valence-corrected chi connectivity index (χ1v) is 6.30. The number of hydrogen-bond acceptors (Lipinski definition) is 4. The molecule has 0 radical (unpaired) electrons. The van der Waals surface area contributed by atoms with Crippen LogP contribution in [0, 0.1) is 0 Å². The second-order valence-corrected chi connectivity index (χ2v) is 5.84. The van der Waals surface area contributed by atoms with E-state index in [4.69, 9.17) is 16.7 Å². The number of thiophene rings is 1. The first kappa shape index (κ1) is 9.85. The van der Waals surface area contributed by atoms with Gasteiger partial charge in [0.05, 0.1) is 0 Å². The van der Waals surface area contributed by atoms with Crippen molar-refractivity contribution in [2.24, 2.45) is 5.14 Å². The van der Waals surface area contributed by atoms with Gasteiger partial charge >= 0.3 is 0 Å². The molecule has 2 rings (SSSR count). The molecule has 2 aromatic heterocycles. The van der Waals surface area contributed by atoms with Gasteiger partial charge in [0.2, 0.25) is 10.0 Å². The zero-order chi connectivity index (χ0) is 10.3. The van der Waals surface area contributed by atoms with Crippen molar-refractivity contribution in [1.29, 1.82) is 0 Å². The van der Waals surface area contributed by atoms with E-state index in [1.54, 1.807) is 12.1 Å². The highest BCUT2D eigenvalue weighted by Crippen LogP contribution is 2.27. The number of fused-ring (bicyclic) bond motifs is 1. The number of halogens is 1. The molecule has 0 aliphatic carbocycles. The standard InChI is InChI=1S/C7H5ClN2O2S2/c8-5-2-1-4-3-6(14(9,11)12)13-7(4)10-5/h1-3H,(H2,9,11,12). The summed E-state index contributed by atoms with van der Waals surface area (Å²) in [7, 11) is -3.64. The fourth-order valence-corrected chi connectivity index (χ4v) is 2.97. The molecule has 0 fully saturated rings. The normalized spacial score (nSPS) is 12.1. The van der Waals surface area contributed by atoms with Crippen LogP contribution in [-0.2, 0) is 10.0 Å². The van der Waals surface area contributed by atoms with E-state index in [9.17, 15) is 8.42 Å². The maximum atomic E-state index is 11.0. The topological polar surface area (TPSA) is 73.1 Å². The summed E-state index contributed by atoms with van der Waals surface area (Å²) in [5.74, 6) is 0. The third kappa shape index (κ3) is 1.74. The molecule has 2 aromatic rings. The van der Waals surface area contributed by atoms with E-state index in [0.29, 0.717) is 9.98 Å². The Kier molecular flexibility index (Phi) is 2.23. The minimum Gasteiger partial charge on any atom is -0.225 e. The van der Waals surface area contributed by atoms with E-state index in [1.165, 1.54) is 6.07 Å². The lowest BCUT2D eigenvalue weighted by Gasteiger charge is -1.87. The SMILES string of the molecule is NS(=O)(=O)c1cc2ccc(Cl)nc2s1. The number of primary sulfonamides is 1. The number of rotatable bonds is 1. The van der Waals surface area contributed by atoms with Gasteiger partial charge < -0.3 is 0 Å². The quantitative estimate of drug-likeness (QED) is 0.779. The lowest BCUT2D eigenvalue weighted by Crippen LogP contribution is -2.09. The maximum Gasteiger partial charge on any atom is 0.247 e. The Balaban J connectivity index is 2.75. The molecule has 0 amide bonds. The van der Waals surface area contributed by atoms with Crippen LogP contribution >= 0.6 is 22.9 Å². The van der Waals surface area contributed by atoms with Crippen LogP contribution in [0.4, 0.5) is 0 Å². The van der Waals surface area contributed by atoms with Gasteiger partial charge in [0.15, 0.2) is 0 Å². The van der Waals surface area contributed by atoms with Crippen LogP contribution in [0.3, 0.4) is 0 Å². The Morgan fingerprint density at radius 1 is 1.43 bits per heavy atom. The molecule has 2 N–H and O–H groups in total. The van der Waals surface area contributed by atoms with Crippen molar-refractivity contribution in [3.63, 3.8) is 0 Å². The lowest BCUT2D eigenvalue weighted by atomic mass is 10.4. The highest BCUT2D eigenvalue weighted by molar-refractivity contribution is 7.91. The third-order valence-corrected chi connectivity index (χ3v) is 4.28. The van der Waals surface area contributed by atoms with Gasteiger partial charge in [-0.05, 0) is 18.2 Å². The summed E-state index contributed by atoms with van der Waals surface area (Å²) in [6.07, 6.45) is 0. The van der Waals surface area contributed by atoms with Gasteiger partial charge in [-0.2, -0.15) is 0 Å². The third-order valence-electron chi connectivity index (χ3n) is 1.61. The Labute approximate surface area is 89.4 Å². The van der Waals surface area contributed by atoms with Crippen LogP contribution in [0.2, 0.25) is 5.15 Å². The van der Waals surface area contributed by atoms with Crippen molar-refractivity contribution < 1.29 is 8.42 Å². The van der Waals surface area contributed by atoms with Crippen LogP contribution in [0.1, 0.15) is 0 Å². The van der Waals surface area contributed by atoms with Crippen LogP contribution < -0.4 is 5.14 Å². The largest absolute Gasteiger partial charge is 0.247 e. The summed E-state index contributed by atoms with van der Waals surface area (Å²) in [5.41, 5.74) is 0. The fourth-order valence-electron chi connectivity index (χ4n) is 1.01. The molecule has 4 nitrogen and oxygen atoms in total. The zero-order valence-corrected chi connectivity index (χ0v) is 9.16. The van der Waals surface area contributed by atoms with Crippen LogP contribution in [0.5, 0.6) is 0 Å². The number of nitrogens with two attached hydrogens (primary N) is 1. The van der Waals surface area contributed by atoms with E-state index in [0.717, 1.165) is 16.7 Å². The van der Waals surface area contributed by atoms with Crippen molar-refractivity contribution in [1.82, 2.24) is 4.98 Å². The molecule has 0 spiro atoms. The van der Waals surface area contributed by atoms with Crippen molar-refractivity contribution in [3.05, 3.63) is 23.4 Å². The van der Waals surface area contributed by atoms with E-state index in [-0.39, 0.29) is 4.21 Å². The number of sulfonamides is 1. The second-order valence-electron chi connectivity index (χ2n) is 2.64. The molecule has 0 aromatic carbocycles.